The monoisotopic (exact) mass is 381 g/mol. The minimum absolute atomic E-state index is 0.101. The zero-order chi connectivity index (χ0) is 18.5. The summed E-state index contributed by atoms with van der Waals surface area (Å²) in [7, 11) is 1.63. The first-order valence-electron chi connectivity index (χ1n) is 9.36. The fourth-order valence-corrected chi connectivity index (χ4v) is 3.30. The van der Waals surface area contributed by atoms with E-state index < -0.39 is 0 Å². The highest BCUT2D eigenvalue weighted by atomic mass is 35.5. The third kappa shape index (κ3) is 5.02. The van der Waals surface area contributed by atoms with Crippen molar-refractivity contribution in [2.24, 2.45) is 0 Å². The number of ether oxygens (including phenoxy) is 2. The summed E-state index contributed by atoms with van der Waals surface area (Å²) in [5, 5.41) is 7.04. The molecular formula is C19H28ClN3O3. The highest BCUT2D eigenvalue weighted by Crippen LogP contribution is 2.34. The predicted octanol–water partition coefficient (Wildman–Crippen LogP) is 2.19. The van der Waals surface area contributed by atoms with Crippen LogP contribution in [0.2, 0.25) is 5.02 Å². The van der Waals surface area contributed by atoms with Crippen molar-refractivity contribution in [3.63, 3.8) is 0 Å². The largest absolute Gasteiger partial charge is 0.493 e. The lowest BCUT2D eigenvalue weighted by Crippen LogP contribution is -2.57. The number of carbonyl (C=O) groups excluding carboxylic acids is 1. The lowest BCUT2D eigenvalue weighted by Gasteiger charge is -2.33. The topological polar surface area (TPSA) is 62.8 Å². The van der Waals surface area contributed by atoms with E-state index in [0.29, 0.717) is 42.3 Å². The van der Waals surface area contributed by atoms with Crippen LogP contribution in [0.5, 0.6) is 11.5 Å². The quantitative estimate of drug-likeness (QED) is 0.722. The SMILES string of the molecule is CCCOc1cc(Cl)c(CN2CCNC(C(=O)NC3CC3)C2)cc1OC. The predicted molar refractivity (Wildman–Crippen MR) is 102 cm³/mol. The van der Waals surface area contributed by atoms with Crippen LogP contribution in [-0.4, -0.2) is 56.2 Å². The van der Waals surface area contributed by atoms with Crippen LogP contribution in [0.4, 0.5) is 0 Å². The van der Waals surface area contributed by atoms with Gasteiger partial charge in [0.25, 0.3) is 0 Å². The van der Waals surface area contributed by atoms with Gasteiger partial charge in [-0.25, -0.2) is 0 Å². The van der Waals surface area contributed by atoms with Crippen LogP contribution >= 0.6 is 11.6 Å². The molecule has 2 aliphatic rings. The van der Waals surface area contributed by atoms with Gasteiger partial charge in [0.15, 0.2) is 11.5 Å². The maximum absolute atomic E-state index is 12.3. The molecule has 1 aromatic rings. The zero-order valence-electron chi connectivity index (χ0n) is 15.5. The van der Waals surface area contributed by atoms with Gasteiger partial charge in [0, 0.05) is 43.3 Å². The Bertz CT molecular complexity index is 637. The van der Waals surface area contributed by atoms with Crippen molar-refractivity contribution >= 4 is 17.5 Å². The van der Waals surface area contributed by atoms with Crippen molar-refractivity contribution in [1.29, 1.82) is 0 Å². The molecule has 0 bridgehead atoms. The molecule has 1 atom stereocenters. The number of benzene rings is 1. The van der Waals surface area contributed by atoms with Gasteiger partial charge in [0.1, 0.15) is 0 Å². The van der Waals surface area contributed by atoms with E-state index in [4.69, 9.17) is 21.1 Å². The molecule has 1 saturated heterocycles. The molecule has 0 spiro atoms. The molecule has 1 aliphatic heterocycles. The number of hydrogen-bond acceptors (Lipinski definition) is 5. The van der Waals surface area contributed by atoms with Crippen LogP contribution in [0.15, 0.2) is 12.1 Å². The van der Waals surface area contributed by atoms with Crippen LogP contribution in [-0.2, 0) is 11.3 Å². The Labute approximate surface area is 160 Å². The number of nitrogens with one attached hydrogen (secondary N) is 2. The van der Waals surface area contributed by atoms with E-state index in [9.17, 15) is 4.79 Å². The van der Waals surface area contributed by atoms with Gasteiger partial charge in [-0.15, -0.1) is 0 Å². The van der Waals surface area contributed by atoms with Gasteiger partial charge in [-0.3, -0.25) is 9.69 Å². The number of rotatable bonds is 8. The summed E-state index contributed by atoms with van der Waals surface area (Å²) in [5.41, 5.74) is 0.982. The first kappa shape index (κ1) is 19.3. The number of amides is 1. The molecule has 1 amide bonds. The summed E-state index contributed by atoms with van der Waals surface area (Å²) in [6.45, 7) is 5.70. The molecule has 7 heteroatoms. The molecule has 26 heavy (non-hydrogen) atoms. The highest BCUT2D eigenvalue weighted by Gasteiger charge is 2.30. The number of methoxy groups -OCH3 is 1. The summed E-state index contributed by atoms with van der Waals surface area (Å²) >= 11 is 6.48. The molecule has 2 N–H and O–H groups in total. The van der Waals surface area contributed by atoms with E-state index in [1.165, 1.54) is 0 Å². The van der Waals surface area contributed by atoms with Crippen LogP contribution in [0.25, 0.3) is 0 Å². The molecule has 3 rings (SSSR count). The second-order valence-electron chi connectivity index (χ2n) is 6.97. The molecule has 144 valence electrons. The smallest absolute Gasteiger partial charge is 0.238 e. The van der Waals surface area contributed by atoms with Crippen molar-refractivity contribution in [3.8, 4) is 11.5 Å². The van der Waals surface area contributed by atoms with Crippen molar-refractivity contribution < 1.29 is 14.3 Å². The third-order valence-electron chi connectivity index (χ3n) is 4.69. The zero-order valence-corrected chi connectivity index (χ0v) is 16.3. The minimum Gasteiger partial charge on any atom is -0.493 e. The summed E-state index contributed by atoms with van der Waals surface area (Å²) in [5.74, 6) is 1.46. The Morgan fingerprint density at radius 1 is 1.38 bits per heavy atom. The fourth-order valence-electron chi connectivity index (χ4n) is 3.08. The Hall–Kier alpha value is -1.50. The standard InChI is InChI=1S/C19H28ClN3O3/c1-3-8-26-18-10-15(20)13(9-17(18)25-2)11-23-7-6-21-16(12-23)19(24)22-14-4-5-14/h9-10,14,16,21H,3-8,11-12H2,1-2H3,(H,22,24). The normalized spacial score (nSPS) is 20.7. The number of nitrogens with zero attached hydrogens (tertiary/aromatic N) is 1. The molecular weight excluding hydrogens is 354 g/mol. The van der Waals surface area contributed by atoms with Crippen molar-refractivity contribution in [2.75, 3.05) is 33.4 Å². The van der Waals surface area contributed by atoms with Gasteiger partial charge in [-0.1, -0.05) is 18.5 Å². The van der Waals surface area contributed by atoms with Gasteiger partial charge in [0.2, 0.25) is 5.91 Å². The third-order valence-corrected chi connectivity index (χ3v) is 5.04. The molecule has 0 radical (unpaired) electrons. The molecule has 0 aromatic heterocycles. The van der Waals surface area contributed by atoms with Crippen molar-refractivity contribution in [1.82, 2.24) is 15.5 Å². The maximum Gasteiger partial charge on any atom is 0.238 e. The number of hydrogen-bond donors (Lipinski definition) is 2. The molecule has 1 heterocycles. The first-order valence-corrected chi connectivity index (χ1v) is 9.73. The molecule has 1 aromatic carbocycles. The number of piperazine rings is 1. The summed E-state index contributed by atoms with van der Waals surface area (Å²) < 4.78 is 11.2. The molecule has 2 fully saturated rings. The number of carbonyl (C=O) groups is 1. The second-order valence-corrected chi connectivity index (χ2v) is 7.37. The lowest BCUT2D eigenvalue weighted by molar-refractivity contribution is -0.124. The summed E-state index contributed by atoms with van der Waals surface area (Å²) in [4.78, 5) is 14.5. The Morgan fingerprint density at radius 3 is 2.88 bits per heavy atom. The van der Waals surface area contributed by atoms with E-state index in [0.717, 1.165) is 37.9 Å². The summed E-state index contributed by atoms with van der Waals surface area (Å²) in [6, 6.07) is 3.98. The van der Waals surface area contributed by atoms with Gasteiger partial charge < -0.3 is 20.1 Å². The second kappa shape index (κ2) is 8.93. The number of halogens is 1. The first-order chi connectivity index (χ1) is 12.6. The molecule has 1 unspecified atom stereocenters. The van der Waals surface area contributed by atoms with E-state index in [1.807, 2.05) is 12.1 Å². The van der Waals surface area contributed by atoms with Crippen molar-refractivity contribution in [2.45, 2.75) is 44.8 Å². The van der Waals surface area contributed by atoms with Gasteiger partial charge in [-0.2, -0.15) is 0 Å². The average molecular weight is 382 g/mol. The lowest BCUT2D eigenvalue weighted by atomic mass is 10.1. The molecule has 1 aliphatic carbocycles. The Balaban J connectivity index is 1.64. The fraction of sp³-hybridized carbons (Fsp3) is 0.632. The van der Waals surface area contributed by atoms with Gasteiger partial charge in [-0.05, 0) is 30.9 Å². The van der Waals surface area contributed by atoms with E-state index in [2.05, 4.69) is 22.5 Å². The minimum atomic E-state index is -0.169. The van der Waals surface area contributed by atoms with Gasteiger partial charge >= 0.3 is 0 Å². The molecule has 1 saturated carbocycles. The molecule has 6 nitrogen and oxygen atoms in total. The average Bonchev–Trinajstić information content (AvgIpc) is 3.46. The highest BCUT2D eigenvalue weighted by molar-refractivity contribution is 6.31. The summed E-state index contributed by atoms with van der Waals surface area (Å²) in [6.07, 6.45) is 3.13. The van der Waals surface area contributed by atoms with Crippen LogP contribution in [0.1, 0.15) is 31.7 Å². The maximum atomic E-state index is 12.3. The van der Waals surface area contributed by atoms with E-state index >= 15 is 0 Å². The van der Waals surface area contributed by atoms with Crippen LogP contribution in [0, 0.1) is 0 Å². The van der Waals surface area contributed by atoms with E-state index in [-0.39, 0.29) is 11.9 Å². The Morgan fingerprint density at radius 2 is 2.19 bits per heavy atom. The Kier molecular flexibility index (Phi) is 6.62. The van der Waals surface area contributed by atoms with Gasteiger partial charge in [0.05, 0.1) is 19.8 Å². The van der Waals surface area contributed by atoms with Crippen LogP contribution in [0.3, 0.4) is 0 Å². The van der Waals surface area contributed by atoms with E-state index in [1.54, 1.807) is 7.11 Å². The van der Waals surface area contributed by atoms with Crippen LogP contribution < -0.4 is 20.1 Å². The van der Waals surface area contributed by atoms with Crippen molar-refractivity contribution in [3.05, 3.63) is 22.7 Å².